The molecular weight excluding hydrogens is 326 g/mol. The third kappa shape index (κ3) is 4.08. The predicted molar refractivity (Wildman–Crippen MR) is 109 cm³/mol. The van der Waals surface area contributed by atoms with Gasteiger partial charge in [0.2, 0.25) is 0 Å². The van der Waals surface area contributed by atoms with Crippen molar-refractivity contribution in [2.45, 2.75) is 12.8 Å². The summed E-state index contributed by atoms with van der Waals surface area (Å²) in [5.74, 6) is 0.874. The van der Waals surface area contributed by atoms with Crippen LogP contribution in [-0.4, -0.2) is 62.7 Å². The maximum Gasteiger partial charge on any atom is 0.0576 e. The van der Waals surface area contributed by atoms with E-state index in [0.29, 0.717) is 0 Å². The van der Waals surface area contributed by atoms with Crippen molar-refractivity contribution in [3.05, 3.63) is 41.8 Å². The van der Waals surface area contributed by atoms with E-state index in [-0.39, 0.29) is 0 Å². The summed E-state index contributed by atoms with van der Waals surface area (Å²) in [6.07, 6.45) is 2.66. The summed E-state index contributed by atoms with van der Waals surface area (Å²) in [4.78, 5) is 9.17. The topological polar surface area (TPSA) is 9.72 Å². The molecule has 2 fully saturated rings. The number of nitrogens with zero attached hydrogens (tertiary/aromatic N) is 3. The summed E-state index contributed by atoms with van der Waals surface area (Å²) in [7, 11) is 2.24. The van der Waals surface area contributed by atoms with Crippen LogP contribution in [0.25, 0.3) is 10.4 Å². The fourth-order valence-electron chi connectivity index (χ4n) is 4.11. The molecule has 2 aliphatic heterocycles. The van der Waals surface area contributed by atoms with Crippen LogP contribution in [0.2, 0.25) is 0 Å². The van der Waals surface area contributed by atoms with Crippen molar-refractivity contribution in [1.82, 2.24) is 9.80 Å². The van der Waals surface area contributed by atoms with Crippen LogP contribution in [0, 0.1) is 5.92 Å². The Balaban J connectivity index is 1.34. The van der Waals surface area contributed by atoms with Crippen LogP contribution in [0.3, 0.4) is 0 Å². The number of benzene rings is 1. The Hall–Kier alpha value is -1.36. The molecule has 0 amide bonds. The zero-order valence-electron chi connectivity index (χ0n) is 15.2. The lowest BCUT2D eigenvalue weighted by Gasteiger charge is -2.38. The Kier molecular flexibility index (Phi) is 5.39. The lowest BCUT2D eigenvalue weighted by atomic mass is 9.95. The van der Waals surface area contributed by atoms with Gasteiger partial charge in [0.05, 0.1) is 10.6 Å². The first kappa shape index (κ1) is 17.1. The molecule has 4 rings (SSSR count). The van der Waals surface area contributed by atoms with E-state index in [4.69, 9.17) is 0 Å². The summed E-state index contributed by atoms with van der Waals surface area (Å²) in [5, 5.41) is 2.24. The zero-order chi connectivity index (χ0) is 17.1. The molecule has 0 N–H and O–H groups in total. The summed E-state index contributed by atoms with van der Waals surface area (Å²) in [5.41, 5.74) is 2.79. The molecule has 1 aromatic heterocycles. The van der Waals surface area contributed by atoms with Crippen LogP contribution in [-0.2, 0) is 0 Å². The van der Waals surface area contributed by atoms with Gasteiger partial charge in [-0.25, -0.2) is 0 Å². The molecule has 1 aromatic carbocycles. The number of rotatable bonds is 4. The van der Waals surface area contributed by atoms with Crippen molar-refractivity contribution in [3.8, 4) is 10.4 Å². The van der Waals surface area contributed by atoms with Gasteiger partial charge in [0.1, 0.15) is 0 Å². The number of hydrogen-bond acceptors (Lipinski definition) is 4. The normalized spacial score (nSPS) is 20.9. The fraction of sp³-hybridized carbons (Fsp3) is 0.524. The number of thiophene rings is 1. The molecule has 2 aromatic rings. The van der Waals surface area contributed by atoms with Gasteiger partial charge in [-0.1, -0.05) is 30.3 Å². The SMILES string of the molecule is CN1CCN(CC2CCN(c3ccsc3-c3ccccc3)CC2)CC1. The molecule has 4 heteroatoms. The van der Waals surface area contributed by atoms with Crippen molar-refractivity contribution >= 4 is 17.0 Å². The maximum atomic E-state index is 2.68. The first-order valence-corrected chi connectivity index (χ1v) is 10.5. The number of likely N-dealkylation sites (N-methyl/N-ethyl adjacent to an activating group) is 1. The molecule has 0 unspecified atom stereocenters. The van der Waals surface area contributed by atoms with Gasteiger partial charge in [0.15, 0.2) is 0 Å². The van der Waals surface area contributed by atoms with Gasteiger partial charge in [0, 0.05) is 45.8 Å². The van der Waals surface area contributed by atoms with E-state index in [1.807, 2.05) is 11.3 Å². The Morgan fingerprint density at radius 3 is 2.36 bits per heavy atom. The monoisotopic (exact) mass is 355 g/mol. The lowest BCUT2D eigenvalue weighted by molar-refractivity contribution is 0.129. The molecule has 0 saturated carbocycles. The molecule has 0 aliphatic carbocycles. The van der Waals surface area contributed by atoms with Crippen molar-refractivity contribution in [2.75, 3.05) is 57.8 Å². The Bertz CT molecular complexity index is 653. The van der Waals surface area contributed by atoms with E-state index in [1.54, 1.807) is 0 Å². The third-order valence-corrected chi connectivity index (χ3v) is 6.70. The lowest BCUT2D eigenvalue weighted by Crippen LogP contribution is -2.47. The van der Waals surface area contributed by atoms with E-state index in [1.165, 1.54) is 74.8 Å². The second-order valence-corrected chi connectivity index (χ2v) is 8.45. The van der Waals surface area contributed by atoms with Crippen LogP contribution in [0.15, 0.2) is 41.8 Å². The van der Waals surface area contributed by atoms with Gasteiger partial charge in [-0.3, -0.25) is 0 Å². The summed E-state index contributed by atoms with van der Waals surface area (Å²) < 4.78 is 0. The number of anilines is 1. The van der Waals surface area contributed by atoms with Crippen molar-refractivity contribution in [2.24, 2.45) is 5.92 Å². The number of piperidine rings is 1. The maximum absolute atomic E-state index is 2.68. The highest BCUT2D eigenvalue weighted by Gasteiger charge is 2.24. The average molecular weight is 356 g/mol. The molecular formula is C21H29N3S. The minimum atomic E-state index is 0.874. The average Bonchev–Trinajstić information content (AvgIpc) is 3.15. The molecule has 2 aliphatic rings. The van der Waals surface area contributed by atoms with Gasteiger partial charge in [-0.2, -0.15) is 0 Å². The molecule has 3 heterocycles. The largest absolute Gasteiger partial charge is 0.370 e. The van der Waals surface area contributed by atoms with Crippen molar-refractivity contribution in [3.63, 3.8) is 0 Å². The van der Waals surface area contributed by atoms with Crippen molar-refractivity contribution < 1.29 is 0 Å². The summed E-state index contributed by atoms with van der Waals surface area (Å²) >= 11 is 1.87. The zero-order valence-corrected chi connectivity index (χ0v) is 16.0. The van der Waals surface area contributed by atoms with E-state index >= 15 is 0 Å². The Morgan fingerprint density at radius 1 is 0.920 bits per heavy atom. The highest BCUT2D eigenvalue weighted by Crippen LogP contribution is 2.37. The quantitative estimate of drug-likeness (QED) is 0.824. The third-order valence-electron chi connectivity index (χ3n) is 5.75. The van der Waals surface area contributed by atoms with Gasteiger partial charge in [0.25, 0.3) is 0 Å². The van der Waals surface area contributed by atoms with Gasteiger partial charge >= 0.3 is 0 Å². The van der Waals surface area contributed by atoms with E-state index in [9.17, 15) is 0 Å². The van der Waals surface area contributed by atoms with Crippen molar-refractivity contribution in [1.29, 1.82) is 0 Å². The van der Waals surface area contributed by atoms with Crippen LogP contribution in [0.5, 0.6) is 0 Å². The standard InChI is InChI=1S/C21H29N3S/c1-22-12-14-23(15-13-22)17-18-7-10-24(11-8-18)20-9-16-25-21(20)19-5-3-2-4-6-19/h2-6,9,16,18H,7-8,10-15,17H2,1H3. The van der Waals surface area contributed by atoms with E-state index < -0.39 is 0 Å². The number of piperazine rings is 1. The van der Waals surface area contributed by atoms with Crippen LogP contribution < -0.4 is 4.90 Å². The minimum absolute atomic E-state index is 0.874. The molecule has 0 bridgehead atoms. The van der Waals surface area contributed by atoms with Gasteiger partial charge in [-0.15, -0.1) is 11.3 Å². The molecule has 0 radical (unpaired) electrons. The van der Waals surface area contributed by atoms with E-state index in [2.05, 4.69) is 63.5 Å². The molecule has 0 spiro atoms. The predicted octanol–water partition coefficient (Wildman–Crippen LogP) is 3.88. The Morgan fingerprint density at radius 2 is 1.64 bits per heavy atom. The fourth-order valence-corrected chi connectivity index (χ4v) is 5.03. The van der Waals surface area contributed by atoms with E-state index in [0.717, 1.165) is 5.92 Å². The summed E-state index contributed by atoms with van der Waals surface area (Å²) in [6, 6.07) is 13.2. The van der Waals surface area contributed by atoms with Gasteiger partial charge < -0.3 is 14.7 Å². The highest BCUT2D eigenvalue weighted by molar-refractivity contribution is 7.14. The molecule has 2 saturated heterocycles. The van der Waals surface area contributed by atoms with Crippen LogP contribution in [0.4, 0.5) is 5.69 Å². The Labute approximate surface area is 155 Å². The van der Waals surface area contributed by atoms with Crippen LogP contribution >= 0.6 is 11.3 Å². The highest BCUT2D eigenvalue weighted by atomic mass is 32.1. The molecule has 0 atom stereocenters. The summed E-state index contributed by atoms with van der Waals surface area (Å²) in [6.45, 7) is 8.67. The first-order chi connectivity index (χ1) is 12.3. The second-order valence-electron chi connectivity index (χ2n) is 7.54. The molecule has 134 valence electrons. The first-order valence-electron chi connectivity index (χ1n) is 9.58. The van der Waals surface area contributed by atoms with Gasteiger partial charge in [-0.05, 0) is 42.8 Å². The van der Waals surface area contributed by atoms with Crippen LogP contribution in [0.1, 0.15) is 12.8 Å². The minimum Gasteiger partial charge on any atom is -0.370 e. The smallest absolute Gasteiger partial charge is 0.0576 e. The number of hydrogen-bond donors (Lipinski definition) is 0. The second kappa shape index (κ2) is 7.90. The molecule has 3 nitrogen and oxygen atoms in total. The molecule has 25 heavy (non-hydrogen) atoms.